The van der Waals surface area contributed by atoms with E-state index in [4.69, 9.17) is 4.74 Å². The molecule has 21 heavy (non-hydrogen) atoms. The topological polar surface area (TPSA) is 29.5 Å². The molecule has 114 valence electrons. The summed E-state index contributed by atoms with van der Waals surface area (Å²) in [5.41, 5.74) is 2.21. The van der Waals surface area contributed by atoms with E-state index in [9.17, 15) is 4.79 Å². The van der Waals surface area contributed by atoms with E-state index in [1.807, 2.05) is 13.8 Å². The molecule has 1 aromatic carbocycles. The van der Waals surface area contributed by atoms with Crippen molar-refractivity contribution in [1.82, 2.24) is 4.90 Å². The number of likely N-dealkylation sites (tertiary alicyclic amines) is 1. The first-order valence-electron chi connectivity index (χ1n) is 7.99. The molecule has 1 aliphatic heterocycles. The van der Waals surface area contributed by atoms with Crippen molar-refractivity contribution < 1.29 is 9.53 Å². The van der Waals surface area contributed by atoms with Crippen LogP contribution in [0.25, 0.3) is 0 Å². The van der Waals surface area contributed by atoms with Crippen LogP contribution >= 0.6 is 0 Å². The molecule has 0 saturated carbocycles. The van der Waals surface area contributed by atoms with Gasteiger partial charge in [-0.05, 0) is 51.4 Å². The fraction of sp³-hybridized carbons (Fsp3) is 0.611. The highest BCUT2D eigenvalue weighted by molar-refractivity contribution is 5.72. The fourth-order valence-corrected chi connectivity index (χ4v) is 2.71. The minimum Gasteiger partial charge on any atom is -0.466 e. The SMILES string of the molecule is CCOC(=O)[C@H](C)Cc1c#cc(CN2CCCCC2)cc1. The third kappa shape index (κ3) is 5.06. The van der Waals surface area contributed by atoms with E-state index in [1.54, 1.807) is 0 Å². The van der Waals surface area contributed by atoms with Crippen LogP contribution in [-0.2, 0) is 22.5 Å². The molecule has 3 nitrogen and oxygen atoms in total. The molecule has 0 N–H and O–H groups in total. The number of nitrogens with zero attached hydrogens (tertiary/aromatic N) is 1. The first-order valence-corrected chi connectivity index (χ1v) is 7.99. The van der Waals surface area contributed by atoms with E-state index >= 15 is 0 Å². The maximum Gasteiger partial charge on any atom is 0.308 e. The van der Waals surface area contributed by atoms with Gasteiger partial charge in [0.2, 0.25) is 0 Å². The Hall–Kier alpha value is -1.53. The van der Waals surface area contributed by atoms with Crippen LogP contribution in [0.4, 0.5) is 0 Å². The molecule has 0 unspecified atom stereocenters. The van der Waals surface area contributed by atoms with Crippen molar-refractivity contribution in [2.75, 3.05) is 19.7 Å². The number of carbonyl (C=O) groups is 1. The van der Waals surface area contributed by atoms with E-state index in [2.05, 4.69) is 29.2 Å². The van der Waals surface area contributed by atoms with Gasteiger partial charge >= 0.3 is 5.97 Å². The molecule has 1 atom stereocenters. The van der Waals surface area contributed by atoms with Crippen molar-refractivity contribution in [2.45, 2.75) is 46.1 Å². The fourth-order valence-electron chi connectivity index (χ4n) is 2.71. The Kier molecular flexibility index (Phi) is 6.07. The highest BCUT2D eigenvalue weighted by Gasteiger charge is 2.15. The van der Waals surface area contributed by atoms with Gasteiger partial charge in [0.25, 0.3) is 0 Å². The number of carbonyl (C=O) groups excluding carboxylic acids is 1. The van der Waals surface area contributed by atoms with Crippen LogP contribution in [0.3, 0.4) is 0 Å². The highest BCUT2D eigenvalue weighted by atomic mass is 16.5. The average molecular weight is 287 g/mol. The molecule has 2 rings (SSSR count). The van der Waals surface area contributed by atoms with Crippen LogP contribution in [0.1, 0.15) is 44.2 Å². The molecule has 3 heteroatoms. The van der Waals surface area contributed by atoms with Crippen molar-refractivity contribution in [2.24, 2.45) is 5.92 Å². The van der Waals surface area contributed by atoms with Gasteiger partial charge < -0.3 is 4.74 Å². The van der Waals surface area contributed by atoms with Gasteiger partial charge in [0.05, 0.1) is 12.5 Å². The van der Waals surface area contributed by atoms with Crippen molar-refractivity contribution in [1.29, 1.82) is 0 Å². The molecular formula is C18H25NO2. The molecule has 1 fully saturated rings. The van der Waals surface area contributed by atoms with Gasteiger partial charge in [-0.15, -0.1) is 0 Å². The lowest BCUT2D eigenvalue weighted by molar-refractivity contribution is -0.147. The molecule has 1 aromatic rings. The molecule has 0 spiro atoms. The minimum atomic E-state index is -0.136. The van der Waals surface area contributed by atoms with Crippen LogP contribution < -0.4 is 0 Å². The highest BCUT2D eigenvalue weighted by Crippen LogP contribution is 2.13. The molecule has 0 radical (unpaired) electrons. The lowest BCUT2D eigenvalue weighted by Crippen LogP contribution is -2.28. The smallest absolute Gasteiger partial charge is 0.308 e. The predicted octanol–water partition coefficient (Wildman–Crippen LogP) is 3.01. The lowest BCUT2D eigenvalue weighted by atomic mass is 10.0. The Morgan fingerprint density at radius 2 is 1.90 bits per heavy atom. The van der Waals surface area contributed by atoms with Gasteiger partial charge in [0, 0.05) is 17.7 Å². The number of hydrogen-bond donors (Lipinski definition) is 0. The molecule has 1 saturated heterocycles. The Morgan fingerprint density at radius 3 is 2.52 bits per heavy atom. The van der Waals surface area contributed by atoms with Crippen LogP contribution in [0.5, 0.6) is 0 Å². The first-order chi connectivity index (χ1) is 10.2. The maximum absolute atomic E-state index is 11.6. The summed E-state index contributed by atoms with van der Waals surface area (Å²) in [6, 6.07) is 10.6. The molecule has 0 amide bonds. The lowest BCUT2D eigenvalue weighted by Gasteiger charge is -2.25. The molecule has 0 aliphatic carbocycles. The Bertz CT molecular complexity index is 435. The van der Waals surface area contributed by atoms with E-state index in [0.29, 0.717) is 13.0 Å². The molecule has 0 aromatic heterocycles. The zero-order chi connectivity index (χ0) is 15.1. The van der Waals surface area contributed by atoms with Crippen molar-refractivity contribution in [3.05, 3.63) is 35.4 Å². The second-order valence-electron chi connectivity index (χ2n) is 5.83. The van der Waals surface area contributed by atoms with Crippen LogP contribution in [0, 0.1) is 18.1 Å². The van der Waals surface area contributed by atoms with Crippen LogP contribution in [0.2, 0.25) is 0 Å². The van der Waals surface area contributed by atoms with Crippen molar-refractivity contribution in [3.63, 3.8) is 0 Å². The first kappa shape index (κ1) is 15.9. The number of esters is 1. The summed E-state index contributed by atoms with van der Waals surface area (Å²) in [7, 11) is 0. The van der Waals surface area contributed by atoms with E-state index in [-0.39, 0.29) is 11.9 Å². The summed E-state index contributed by atoms with van der Waals surface area (Å²) >= 11 is 0. The summed E-state index contributed by atoms with van der Waals surface area (Å²) in [4.78, 5) is 14.1. The largest absolute Gasteiger partial charge is 0.466 e. The van der Waals surface area contributed by atoms with E-state index in [1.165, 1.54) is 37.9 Å². The zero-order valence-electron chi connectivity index (χ0n) is 13.2. The normalized spacial score (nSPS) is 17.0. The Balaban J connectivity index is 1.85. The second kappa shape index (κ2) is 8.05. The number of piperidine rings is 1. The molecule has 1 aliphatic rings. The quantitative estimate of drug-likeness (QED) is 0.753. The van der Waals surface area contributed by atoms with Crippen LogP contribution in [0.15, 0.2) is 12.1 Å². The van der Waals surface area contributed by atoms with Gasteiger partial charge in [-0.2, -0.15) is 0 Å². The van der Waals surface area contributed by atoms with Crippen molar-refractivity contribution in [3.8, 4) is 0 Å². The number of rotatable bonds is 6. The standard InChI is InChI=1S/C18H25NO2/c1-3-21-18(20)15(2)13-16-7-9-17(10-8-16)14-19-11-5-4-6-12-19/h7,9,15H,3-6,11-14H2,1-2H3/t15-/m1/s1. The van der Waals surface area contributed by atoms with Gasteiger partial charge in [-0.3, -0.25) is 9.69 Å². The zero-order valence-corrected chi connectivity index (χ0v) is 13.2. The van der Waals surface area contributed by atoms with Gasteiger partial charge in [-0.25, -0.2) is 0 Å². The summed E-state index contributed by atoms with van der Waals surface area (Å²) < 4.78 is 5.03. The third-order valence-corrected chi connectivity index (χ3v) is 3.93. The van der Waals surface area contributed by atoms with Gasteiger partial charge in [-0.1, -0.05) is 25.5 Å². The van der Waals surface area contributed by atoms with E-state index in [0.717, 1.165) is 12.1 Å². The Morgan fingerprint density at radius 1 is 1.24 bits per heavy atom. The van der Waals surface area contributed by atoms with Crippen molar-refractivity contribution >= 4 is 5.97 Å². The summed E-state index contributed by atoms with van der Waals surface area (Å²) in [5, 5.41) is 0. The molecule has 1 heterocycles. The maximum atomic E-state index is 11.6. The third-order valence-electron chi connectivity index (χ3n) is 3.93. The summed E-state index contributed by atoms with van der Waals surface area (Å²) in [6.07, 6.45) is 4.63. The monoisotopic (exact) mass is 287 g/mol. The Labute approximate surface area is 128 Å². The number of ether oxygens (including phenoxy) is 1. The average Bonchev–Trinajstić information content (AvgIpc) is 2.50. The van der Waals surface area contributed by atoms with Gasteiger partial charge in [0.15, 0.2) is 0 Å². The molecule has 0 bridgehead atoms. The minimum absolute atomic E-state index is 0.123. The van der Waals surface area contributed by atoms with Gasteiger partial charge in [0.1, 0.15) is 0 Å². The van der Waals surface area contributed by atoms with E-state index < -0.39 is 0 Å². The number of hydrogen-bond acceptors (Lipinski definition) is 3. The molecular weight excluding hydrogens is 262 g/mol. The summed E-state index contributed by atoms with van der Waals surface area (Å²) in [6.45, 7) is 7.51. The summed E-state index contributed by atoms with van der Waals surface area (Å²) in [5.74, 6) is -0.258. The van der Waals surface area contributed by atoms with Crippen LogP contribution in [-0.4, -0.2) is 30.6 Å². The second-order valence-corrected chi connectivity index (χ2v) is 5.83. The predicted molar refractivity (Wildman–Crippen MR) is 82.7 cm³/mol.